The highest BCUT2D eigenvalue weighted by Crippen LogP contribution is 2.11. The first-order chi connectivity index (χ1) is 9.24. The first kappa shape index (κ1) is 13.7. The molecule has 2 aromatic rings. The SMILES string of the molecule is O=C(CCc1ccncc1)NCc1cccc(Br)c1. The maximum absolute atomic E-state index is 11.7. The maximum Gasteiger partial charge on any atom is 0.220 e. The lowest BCUT2D eigenvalue weighted by molar-refractivity contribution is -0.121. The highest BCUT2D eigenvalue weighted by Gasteiger charge is 2.02. The number of aromatic nitrogens is 1. The van der Waals surface area contributed by atoms with E-state index in [-0.39, 0.29) is 5.91 Å². The second-order valence-electron chi connectivity index (χ2n) is 4.26. The molecule has 1 N–H and O–H groups in total. The molecule has 0 aliphatic rings. The van der Waals surface area contributed by atoms with Crippen molar-refractivity contribution in [2.75, 3.05) is 0 Å². The Morgan fingerprint density at radius 2 is 1.95 bits per heavy atom. The van der Waals surface area contributed by atoms with Crippen molar-refractivity contribution in [2.24, 2.45) is 0 Å². The lowest BCUT2D eigenvalue weighted by Crippen LogP contribution is -2.22. The van der Waals surface area contributed by atoms with Gasteiger partial charge in [0, 0.05) is 29.8 Å². The van der Waals surface area contributed by atoms with Crippen molar-refractivity contribution in [1.29, 1.82) is 0 Å². The lowest BCUT2D eigenvalue weighted by Gasteiger charge is -2.06. The Morgan fingerprint density at radius 1 is 1.16 bits per heavy atom. The molecule has 3 nitrogen and oxygen atoms in total. The smallest absolute Gasteiger partial charge is 0.220 e. The largest absolute Gasteiger partial charge is 0.352 e. The van der Waals surface area contributed by atoms with Crippen molar-refractivity contribution in [3.63, 3.8) is 0 Å². The summed E-state index contributed by atoms with van der Waals surface area (Å²) in [7, 11) is 0. The molecule has 0 atom stereocenters. The van der Waals surface area contributed by atoms with Crippen molar-refractivity contribution in [3.8, 4) is 0 Å². The van der Waals surface area contributed by atoms with Crippen LogP contribution in [0.1, 0.15) is 17.5 Å². The predicted octanol–water partition coefficient (Wildman–Crippen LogP) is 3.09. The Bertz CT molecular complexity index is 543. The van der Waals surface area contributed by atoms with E-state index in [1.807, 2.05) is 36.4 Å². The van der Waals surface area contributed by atoms with Crippen molar-refractivity contribution in [3.05, 3.63) is 64.4 Å². The first-order valence-corrected chi connectivity index (χ1v) is 6.93. The van der Waals surface area contributed by atoms with E-state index in [0.29, 0.717) is 13.0 Å². The van der Waals surface area contributed by atoms with E-state index in [9.17, 15) is 4.79 Å². The fourth-order valence-electron chi connectivity index (χ4n) is 1.74. The number of aryl methyl sites for hydroxylation is 1. The molecule has 19 heavy (non-hydrogen) atoms. The molecule has 0 fully saturated rings. The summed E-state index contributed by atoms with van der Waals surface area (Å²) in [5.41, 5.74) is 2.22. The lowest BCUT2D eigenvalue weighted by atomic mass is 10.1. The van der Waals surface area contributed by atoms with E-state index in [1.54, 1.807) is 12.4 Å². The minimum absolute atomic E-state index is 0.0665. The van der Waals surface area contributed by atoms with Gasteiger partial charge in [0.15, 0.2) is 0 Å². The van der Waals surface area contributed by atoms with Gasteiger partial charge in [-0.1, -0.05) is 28.1 Å². The number of pyridine rings is 1. The van der Waals surface area contributed by atoms with Crippen LogP contribution in [0, 0.1) is 0 Å². The number of hydrogen-bond donors (Lipinski definition) is 1. The second kappa shape index (κ2) is 7.04. The fourth-order valence-corrected chi connectivity index (χ4v) is 2.19. The summed E-state index contributed by atoms with van der Waals surface area (Å²) in [6, 6.07) is 11.8. The number of rotatable bonds is 5. The maximum atomic E-state index is 11.7. The molecule has 0 saturated carbocycles. The average Bonchev–Trinajstić information content (AvgIpc) is 2.44. The number of nitrogens with zero attached hydrogens (tertiary/aromatic N) is 1. The molecule has 98 valence electrons. The molecule has 0 unspecified atom stereocenters. The van der Waals surface area contributed by atoms with Gasteiger partial charge in [0.25, 0.3) is 0 Å². The number of amides is 1. The summed E-state index contributed by atoms with van der Waals surface area (Å²) in [6.45, 7) is 0.564. The quantitative estimate of drug-likeness (QED) is 0.920. The van der Waals surface area contributed by atoms with Gasteiger partial charge in [-0.25, -0.2) is 0 Å². The standard InChI is InChI=1S/C15H15BrN2O/c16-14-3-1-2-13(10-14)11-18-15(19)5-4-12-6-8-17-9-7-12/h1-3,6-10H,4-5,11H2,(H,18,19). The molecule has 1 aromatic carbocycles. The van der Waals surface area contributed by atoms with Crippen LogP contribution in [0.15, 0.2) is 53.3 Å². The molecule has 0 bridgehead atoms. The second-order valence-corrected chi connectivity index (χ2v) is 5.18. The van der Waals surface area contributed by atoms with Gasteiger partial charge in [0.1, 0.15) is 0 Å². The predicted molar refractivity (Wildman–Crippen MR) is 78.5 cm³/mol. The van der Waals surface area contributed by atoms with Gasteiger partial charge < -0.3 is 5.32 Å². The zero-order valence-corrected chi connectivity index (χ0v) is 12.1. The number of carbonyl (C=O) groups is 1. The molecule has 0 saturated heterocycles. The third-order valence-corrected chi connectivity index (χ3v) is 3.26. The van der Waals surface area contributed by atoms with Crippen LogP contribution in [0.2, 0.25) is 0 Å². The van der Waals surface area contributed by atoms with Crippen LogP contribution in [0.4, 0.5) is 0 Å². The van der Waals surface area contributed by atoms with Crippen molar-refractivity contribution >= 4 is 21.8 Å². The number of nitrogens with one attached hydrogen (secondary N) is 1. The van der Waals surface area contributed by atoms with Crippen molar-refractivity contribution in [1.82, 2.24) is 10.3 Å². The minimum Gasteiger partial charge on any atom is -0.352 e. The van der Waals surface area contributed by atoms with Gasteiger partial charge in [0.2, 0.25) is 5.91 Å². The third kappa shape index (κ3) is 4.83. The van der Waals surface area contributed by atoms with E-state index in [0.717, 1.165) is 22.0 Å². The molecule has 1 aromatic heterocycles. The average molecular weight is 319 g/mol. The van der Waals surface area contributed by atoms with Crippen molar-refractivity contribution in [2.45, 2.75) is 19.4 Å². The van der Waals surface area contributed by atoms with Crippen LogP contribution in [-0.2, 0) is 17.8 Å². The van der Waals surface area contributed by atoms with Gasteiger partial charge >= 0.3 is 0 Å². The van der Waals surface area contributed by atoms with Crippen LogP contribution in [0.5, 0.6) is 0 Å². The molecule has 0 spiro atoms. The van der Waals surface area contributed by atoms with Crippen LogP contribution >= 0.6 is 15.9 Å². The first-order valence-electron chi connectivity index (χ1n) is 6.14. The molecule has 1 heterocycles. The van der Waals surface area contributed by atoms with E-state index in [1.165, 1.54) is 0 Å². The summed E-state index contributed by atoms with van der Waals surface area (Å²) < 4.78 is 1.02. The molecular formula is C15H15BrN2O. The normalized spacial score (nSPS) is 10.2. The van der Waals surface area contributed by atoms with Gasteiger partial charge in [-0.3, -0.25) is 9.78 Å². The molecule has 0 aliphatic carbocycles. The van der Waals surface area contributed by atoms with E-state index < -0.39 is 0 Å². The summed E-state index contributed by atoms with van der Waals surface area (Å²) in [5, 5.41) is 2.92. The number of carbonyl (C=O) groups excluding carboxylic acids is 1. The summed E-state index contributed by atoms with van der Waals surface area (Å²) in [5.74, 6) is 0.0665. The van der Waals surface area contributed by atoms with Crippen LogP contribution < -0.4 is 5.32 Å². The summed E-state index contributed by atoms with van der Waals surface area (Å²) in [4.78, 5) is 15.7. The monoisotopic (exact) mass is 318 g/mol. The van der Waals surface area contributed by atoms with E-state index in [2.05, 4.69) is 26.2 Å². The highest BCUT2D eigenvalue weighted by molar-refractivity contribution is 9.10. The minimum atomic E-state index is 0.0665. The van der Waals surface area contributed by atoms with Gasteiger partial charge in [-0.2, -0.15) is 0 Å². The fraction of sp³-hybridized carbons (Fsp3) is 0.200. The zero-order chi connectivity index (χ0) is 13.5. The Balaban J connectivity index is 1.76. The number of halogens is 1. The molecular weight excluding hydrogens is 304 g/mol. The topological polar surface area (TPSA) is 42.0 Å². The molecule has 0 aliphatic heterocycles. The van der Waals surface area contributed by atoms with E-state index in [4.69, 9.17) is 0 Å². The van der Waals surface area contributed by atoms with E-state index >= 15 is 0 Å². The zero-order valence-electron chi connectivity index (χ0n) is 10.5. The highest BCUT2D eigenvalue weighted by atomic mass is 79.9. The molecule has 1 amide bonds. The third-order valence-electron chi connectivity index (χ3n) is 2.77. The Morgan fingerprint density at radius 3 is 2.68 bits per heavy atom. The molecule has 4 heteroatoms. The number of benzene rings is 1. The summed E-state index contributed by atoms with van der Waals surface area (Å²) in [6.07, 6.45) is 4.73. The molecule has 2 rings (SSSR count). The Labute approximate surface area is 121 Å². The van der Waals surface area contributed by atoms with Crippen LogP contribution in [-0.4, -0.2) is 10.9 Å². The van der Waals surface area contributed by atoms with Gasteiger partial charge in [-0.15, -0.1) is 0 Å². The van der Waals surface area contributed by atoms with Crippen LogP contribution in [0.25, 0.3) is 0 Å². The van der Waals surface area contributed by atoms with Crippen molar-refractivity contribution < 1.29 is 4.79 Å². The Hall–Kier alpha value is -1.68. The Kier molecular flexibility index (Phi) is 5.10. The summed E-state index contributed by atoms with van der Waals surface area (Å²) >= 11 is 3.41. The van der Waals surface area contributed by atoms with Gasteiger partial charge in [-0.05, 0) is 41.8 Å². The van der Waals surface area contributed by atoms with Gasteiger partial charge in [0.05, 0.1) is 0 Å². The number of hydrogen-bond acceptors (Lipinski definition) is 2. The van der Waals surface area contributed by atoms with Crippen LogP contribution in [0.3, 0.4) is 0 Å². The molecule has 0 radical (unpaired) electrons.